The minimum absolute atomic E-state index is 0.598. The van der Waals surface area contributed by atoms with Gasteiger partial charge in [-0.2, -0.15) is 0 Å². The zero-order chi connectivity index (χ0) is 23.6. The molecule has 0 saturated carbocycles. The molecule has 8 aromatic rings. The molecule has 0 spiro atoms. The monoisotopic (exact) mass is 462 g/mol. The Balaban J connectivity index is 1.30. The van der Waals surface area contributed by atoms with Crippen LogP contribution in [0.5, 0.6) is 0 Å². The van der Waals surface area contributed by atoms with Crippen LogP contribution in [0.3, 0.4) is 0 Å². The summed E-state index contributed by atoms with van der Waals surface area (Å²) < 4.78 is 12.5. The minimum Gasteiger partial charge on any atom is -0.436 e. The van der Waals surface area contributed by atoms with Crippen LogP contribution in [-0.4, -0.2) is 9.97 Å². The van der Waals surface area contributed by atoms with E-state index in [0.29, 0.717) is 11.8 Å². The summed E-state index contributed by atoms with van der Waals surface area (Å²) in [6.07, 6.45) is 0. The van der Waals surface area contributed by atoms with Crippen molar-refractivity contribution in [3.05, 3.63) is 109 Å². The van der Waals surface area contributed by atoms with E-state index in [1.807, 2.05) is 30.3 Å². The van der Waals surface area contributed by atoms with Crippen LogP contribution in [0.15, 0.2) is 118 Å². The Bertz CT molecular complexity index is 2010. The van der Waals surface area contributed by atoms with Crippen molar-refractivity contribution in [1.82, 2.24) is 9.97 Å². The predicted octanol–water partition coefficient (Wildman–Crippen LogP) is 8.76. The Kier molecular flexibility index (Phi) is 3.91. The smallest absolute Gasteiger partial charge is 0.227 e. The van der Waals surface area contributed by atoms with Gasteiger partial charge in [-0.1, -0.05) is 66.7 Å². The number of hydrogen-bond acceptors (Lipinski definition) is 4. The Labute approximate surface area is 205 Å². The van der Waals surface area contributed by atoms with Gasteiger partial charge < -0.3 is 8.83 Å². The highest BCUT2D eigenvalue weighted by atomic mass is 16.4. The van der Waals surface area contributed by atoms with Gasteiger partial charge in [-0.15, -0.1) is 0 Å². The zero-order valence-corrected chi connectivity index (χ0v) is 19.1. The number of rotatable bonds is 2. The number of nitrogens with zero attached hydrogens (tertiary/aromatic N) is 2. The van der Waals surface area contributed by atoms with Crippen molar-refractivity contribution in [3.8, 4) is 22.9 Å². The summed E-state index contributed by atoms with van der Waals surface area (Å²) in [5.74, 6) is 1.20. The number of aromatic nitrogens is 2. The van der Waals surface area contributed by atoms with E-state index in [1.54, 1.807) is 0 Å². The third-order valence-corrected chi connectivity index (χ3v) is 6.87. The Morgan fingerprint density at radius 2 is 1.00 bits per heavy atom. The molecular weight excluding hydrogens is 444 g/mol. The van der Waals surface area contributed by atoms with Gasteiger partial charge in [0, 0.05) is 11.1 Å². The van der Waals surface area contributed by atoms with Crippen LogP contribution < -0.4 is 0 Å². The van der Waals surface area contributed by atoms with Crippen molar-refractivity contribution in [2.45, 2.75) is 0 Å². The zero-order valence-electron chi connectivity index (χ0n) is 19.1. The third kappa shape index (κ3) is 2.95. The van der Waals surface area contributed by atoms with Gasteiger partial charge in [0.1, 0.15) is 11.0 Å². The van der Waals surface area contributed by atoms with Crippen molar-refractivity contribution in [2.75, 3.05) is 0 Å². The van der Waals surface area contributed by atoms with Gasteiger partial charge in [0.05, 0.1) is 0 Å². The lowest BCUT2D eigenvalue weighted by molar-refractivity contribution is 0.619. The molecule has 168 valence electrons. The highest BCUT2D eigenvalue weighted by Gasteiger charge is 2.15. The first kappa shape index (κ1) is 19.4. The standard InChI is InChI=1S/C32H18N2O2/c1-3-8-22-17-29-27(15-20(22)6-1)33-31(35-29)24-13-12-19-10-5-11-25(26(19)14-24)32-34-28-16-21-7-2-4-9-23(21)18-30(28)36-32/h1-18H. The molecule has 2 aromatic heterocycles. The molecule has 2 heterocycles. The fourth-order valence-electron chi connectivity index (χ4n) is 5.06. The second-order valence-corrected chi connectivity index (χ2v) is 9.11. The molecule has 0 bridgehead atoms. The van der Waals surface area contributed by atoms with Crippen LogP contribution in [0.25, 0.3) is 77.4 Å². The number of fused-ring (bicyclic) bond motifs is 5. The Morgan fingerprint density at radius 3 is 1.67 bits per heavy atom. The Morgan fingerprint density at radius 1 is 0.444 bits per heavy atom. The van der Waals surface area contributed by atoms with Gasteiger partial charge in [-0.05, 0) is 74.8 Å². The van der Waals surface area contributed by atoms with E-state index in [4.69, 9.17) is 18.8 Å². The van der Waals surface area contributed by atoms with Crippen LogP contribution in [0, 0.1) is 0 Å². The third-order valence-electron chi connectivity index (χ3n) is 6.87. The van der Waals surface area contributed by atoms with E-state index in [-0.39, 0.29) is 0 Å². The van der Waals surface area contributed by atoms with Gasteiger partial charge in [0.25, 0.3) is 0 Å². The Hall–Kier alpha value is -4.96. The van der Waals surface area contributed by atoms with E-state index >= 15 is 0 Å². The molecule has 0 radical (unpaired) electrons. The van der Waals surface area contributed by atoms with Crippen LogP contribution in [0.4, 0.5) is 0 Å². The molecule has 4 heteroatoms. The summed E-state index contributed by atoms with van der Waals surface area (Å²) in [5, 5.41) is 6.71. The highest BCUT2D eigenvalue weighted by Crippen LogP contribution is 2.35. The molecule has 4 nitrogen and oxygen atoms in total. The van der Waals surface area contributed by atoms with Gasteiger partial charge in [-0.25, -0.2) is 9.97 Å². The topological polar surface area (TPSA) is 52.1 Å². The molecule has 6 aromatic carbocycles. The molecule has 0 atom stereocenters. The summed E-state index contributed by atoms with van der Waals surface area (Å²) in [6.45, 7) is 0. The van der Waals surface area contributed by atoms with Crippen molar-refractivity contribution < 1.29 is 8.83 Å². The average molecular weight is 463 g/mol. The predicted molar refractivity (Wildman–Crippen MR) is 145 cm³/mol. The van der Waals surface area contributed by atoms with Crippen LogP contribution in [0.1, 0.15) is 0 Å². The number of benzene rings is 6. The van der Waals surface area contributed by atoms with E-state index in [2.05, 4.69) is 78.9 Å². The van der Waals surface area contributed by atoms with Crippen molar-refractivity contribution in [1.29, 1.82) is 0 Å². The normalized spacial score (nSPS) is 11.9. The van der Waals surface area contributed by atoms with E-state index < -0.39 is 0 Å². The lowest BCUT2D eigenvalue weighted by Crippen LogP contribution is -1.84. The van der Waals surface area contributed by atoms with Crippen LogP contribution in [-0.2, 0) is 0 Å². The highest BCUT2D eigenvalue weighted by molar-refractivity contribution is 6.00. The fourth-order valence-corrected chi connectivity index (χ4v) is 5.06. The molecule has 36 heavy (non-hydrogen) atoms. The molecule has 0 amide bonds. The molecule has 0 fully saturated rings. The first-order chi connectivity index (χ1) is 17.8. The van der Waals surface area contributed by atoms with Crippen molar-refractivity contribution in [3.63, 3.8) is 0 Å². The van der Waals surface area contributed by atoms with Crippen LogP contribution in [0.2, 0.25) is 0 Å². The van der Waals surface area contributed by atoms with Crippen molar-refractivity contribution in [2.24, 2.45) is 0 Å². The lowest BCUT2D eigenvalue weighted by atomic mass is 10.0. The van der Waals surface area contributed by atoms with Crippen molar-refractivity contribution >= 4 is 54.5 Å². The molecule has 0 aliphatic rings. The first-order valence-corrected chi connectivity index (χ1v) is 11.9. The molecule has 0 aliphatic heterocycles. The summed E-state index contributed by atoms with van der Waals surface area (Å²) in [7, 11) is 0. The van der Waals surface area contributed by atoms with Gasteiger partial charge >= 0.3 is 0 Å². The summed E-state index contributed by atoms with van der Waals surface area (Å²) in [4.78, 5) is 9.65. The maximum atomic E-state index is 6.26. The summed E-state index contributed by atoms with van der Waals surface area (Å²) >= 11 is 0. The fraction of sp³-hybridized carbons (Fsp3) is 0. The molecule has 8 rings (SSSR count). The first-order valence-electron chi connectivity index (χ1n) is 11.9. The molecule has 0 saturated heterocycles. The second kappa shape index (κ2) is 7.27. The van der Waals surface area contributed by atoms with Crippen LogP contribution >= 0.6 is 0 Å². The quantitative estimate of drug-likeness (QED) is 0.258. The maximum absolute atomic E-state index is 6.26. The molecule has 0 N–H and O–H groups in total. The lowest BCUT2D eigenvalue weighted by Gasteiger charge is -2.05. The average Bonchev–Trinajstić information content (AvgIpc) is 3.53. The maximum Gasteiger partial charge on any atom is 0.227 e. The van der Waals surface area contributed by atoms with Gasteiger partial charge in [-0.3, -0.25) is 0 Å². The van der Waals surface area contributed by atoms with Gasteiger partial charge in [0.2, 0.25) is 11.8 Å². The molecule has 0 unspecified atom stereocenters. The minimum atomic E-state index is 0.598. The molecular formula is C32H18N2O2. The van der Waals surface area contributed by atoms with E-state index in [9.17, 15) is 0 Å². The van der Waals surface area contributed by atoms with E-state index in [0.717, 1.165) is 65.6 Å². The van der Waals surface area contributed by atoms with Gasteiger partial charge in [0.15, 0.2) is 11.2 Å². The second-order valence-electron chi connectivity index (χ2n) is 9.11. The largest absolute Gasteiger partial charge is 0.436 e. The summed E-state index contributed by atoms with van der Waals surface area (Å²) in [5.41, 5.74) is 5.12. The number of hydrogen-bond donors (Lipinski definition) is 0. The summed E-state index contributed by atoms with van der Waals surface area (Å²) in [6, 6.07) is 37.2. The number of oxazole rings is 2. The SMILES string of the molecule is c1ccc2cc3oc(-c4ccc5cccc(-c6nc7cc8ccccc8cc7o6)c5c4)nc3cc2c1. The molecule has 0 aliphatic carbocycles. The van der Waals surface area contributed by atoms with E-state index in [1.165, 1.54) is 0 Å².